The number of hydrogen-bond acceptors (Lipinski definition) is 0. The van der Waals surface area contributed by atoms with E-state index in [0.717, 1.165) is 0 Å². The maximum absolute atomic E-state index is 12.5. The van der Waals surface area contributed by atoms with Gasteiger partial charge >= 0.3 is 0 Å². The lowest BCUT2D eigenvalue weighted by atomic mass is 10.3. The van der Waals surface area contributed by atoms with Gasteiger partial charge in [0.1, 0.15) is 5.82 Å². The van der Waals surface area contributed by atoms with Crippen LogP contribution >= 0.6 is 11.6 Å². The zero-order chi connectivity index (χ0) is 6.85. The van der Waals surface area contributed by atoms with Crippen molar-refractivity contribution in [2.45, 2.75) is 0 Å². The molecule has 0 aliphatic carbocycles. The topological polar surface area (TPSA) is 0 Å². The van der Waals surface area contributed by atoms with Crippen molar-refractivity contribution in [3.63, 3.8) is 0 Å². The first kappa shape index (κ1) is 6.77. The molecule has 1 aromatic carbocycles. The van der Waals surface area contributed by atoms with Crippen molar-refractivity contribution in [1.82, 2.24) is 0 Å². The van der Waals surface area contributed by atoms with Crippen LogP contribution in [0, 0.1) is 5.82 Å². The quantitative estimate of drug-likeness (QED) is 0.484. The molecular formula is C6H6ClFSi. The minimum Gasteiger partial charge on any atom is -0.207 e. The fraction of sp³-hybridized carbons (Fsp3) is 0. The molecule has 0 unspecified atom stereocenters. The Balaban J connectivity index is 3.25. The average Bonchev–Trinajstić information content (AvgIpc) is 1.83. The second kappa shape index (κ2) is 2.50. The summed E-state index contributed by atoms with van der Waals surface area (Å²) in [5, 5.41) is 1.20. The van der Waals surface area contributed by atoms with Crippen molar-refractivity contribution in [1.29, 1.82) is 0 Å². The van der Waals surface area contributed by atoms with Gasteiger partial charge in [-0.25, -0.2) is 4.39 Å². The molecular weight excluding hydrogens is 155 g/mol. The van der Waals surface area contributed by atoms with Crippen LogP contribution in [0.4, 0.5) is 4.39 Å². The maximum atomic E-state index is 12.5. The molecule has 0 nitrogen and oxygen atoms in total. The van der Waals surface area contributed by atoms with Gasteiger partial charge in [0.2, 0.25) is 0 Å². The molecule has 9 heavy (non-hydrogen) atoms. The molecule has 0 bridgehead atoms. The Bertz CT molecular complexity index is 204. The number of benzene rings is 1. The van der Waals surface area contributed by atoms with Gasteiger partial charge in [0.25, 0.3) is 0 Å². The second-order valence-electron chi connectivity index (χ2n) is 1.85. The average molecular weight is 161 g/mol. The minimum atomic E-state index is -0.186. The van der Waals surface area contributed by atoms with Crippen molar-refractivity contribution in [3.05, 3.63) is 29.0 Å². The van der Waals surface area contributed by atoms with Gasteiger partial charge in [-0.05, 0) is 17.3 Å². The molecule has 0 spiro atoms. The molecule has 48 valence electrons. The summed E-state index contributed by atoms with van der Waals surface area (Å²) in [5.74, 6) is -0.186. The largest absolute Gasteiger partial charge is 0.207 e. The monoisotopic (exact) mass is 160 g/mol. The minimum absolute atomic E-state index is 0.186. The van der Waals surface area contributed by atoms with Crippen LogP contribution in [0.2, 0.25) is 5.02 Å². The third-order valence-corrected chi connectivity index (χ3v) is 2.94. The first-order valence-electron chi connectivity index (χ1n) is 2.62. The van der Waals surface area contributed by atoms with E-state index in [9.17, 15) is 4.39 Å². The van der Waals surface area contributed by atoms with Crippen molar-refractivity contribution in [2.75, 3.05) is 0 Å². The second-order valence-corrected chi connectivity index (χ2v) is 3.25. The highest BCUT2D eigenvalue weighted by Gasteiger charge is 1.97. The molecule has 0 radical (unpaired) electrons. The van der Waals surface area contributed by atoms with Gasteiger partial charge < -0.3 is 0 Å². The van der Waals surface area contributed by atoms with Gasteiger partial charge in [0.05, 0.1) is 0 Å². The summed E-state index contributed by atoms with van der Waals surface area (Å²) in [7, 11) is 0.671. The zero-order valence-corrected chi connectivity index (χ0v) is 7.74. The van der Waals surface area contributed by atoms with Gasteiger partial charge in [0, 0.05) is 15.3 Å². The summed E-state index contributed by atoms with van der Waals surface area (Å²) in [6.45, 7) is 0. The fourth-order valence-corrected chi connectivity index (χ4v) is 1.08. The molecule has 0 atom stereocenters. The van der Waals surface area contributed by atoms with E-state index in [2.05, 4.69) is 0 Å². The molecule has 1 aromatic rings. The Morgan fingerprint density at radius 2 is 2.11 bits per heavy atom. The van der Waals surface area contributed by atoms with E-state index >= 15 is 0 Å². The van der Waals surface area contributed by atoms with Crippen molar-refractivity contribution < 1.29 is 4.39 Å². The molecule has 3 heteroatoms. The zero-order valence-electron chi connectivity index (χ0n) is 4.99. The van der Waals surface area contributed by atoms with Crippen LogP contribution in [-0.4, -0.2) is 10.2 Å². The van der Waals surface area contributed by atoms with E-state index in [1.807, 2.05) is 0 Å². The van der Waals surface area contributed by atoms with Gasteiger partial charge in [-0.3, -0.25) is 0 Å². The first-order valence-corrected chi connectivity index (χ1v) is 4.00. The van der Waals surface area contributed by atoms with E-state index in [-0.39, 0.29) is 5.82 Å². The van der Waals surface area contributed by atoms with Gasteiger partial charge in [-0.1, -0.05) is 17.7 Å². The molecule has 0 saturated carbocycles. The van der Waals surface area contributed by atoms with Crippen LogP contribution in [0.15, 0.2) is 18.2 Å². The standard InChI is InChI=1S/C6H6ClFSi/c7-4-2-1-3-5(8)6(4)9/h1-3H,9H3. The van der Waals surface area contributed by atoms with Crippen LogP contribution < -0.4 is 5.19 Å². The molecule has 1 rings (SSSR count). The predicted molar refractivity (Wildman–Crippen MR) is 41.0 cm³/mol. The van der Waals surface area contributed by atoms with Gasteiger partial charge in [-0.2, -0.15) is 0 Å². The summed E-state index contributed by atoms with van der Waals surface area (Å²) < 4.78 is 12.5. The molecule has 0 amide bonds. The maximum Gasteiger partial charge on any atom is 0.122 e. The van der Waals surface area contributed by atoms with Gasteiger partial charge in [-0.15, -0.1) is 0 Å². The van der Waals surface area contributed by atoms with E-state index in [0.29, 0.717) is 20.5 Å². The molecule has 0 heterocycles. The van der Waals surface area contributed by atoms with Crippen LogP contribution in [0.3, 0.4) is 0 Å². The molecule has 0 N–H and O–H groups in total. The normalized spacial score (nSPS) is 10.0. The number of rotatable bonds is 0. The van der Waals surface area contributed by atoms with Crippen molar-refractivity contribution in [3.8, 4) is 0 Å². The Labute approximate surface area is 61.1 Å². The molecule has 0 aromatic heterocycles. The Kier molecular flexibility index (Phi) is 1.88. The molecule has 0 aliphatic rings. The third-order valence-electron chi connectivity index (χ3n) is 1.20. The molecule has 0 aliphatic heterocycles. The Morgan fingerprint density at radius 3 is 2.56 bits per heavy atom. The van der Waals surface area contributed by atoms with Crippen LogP contribution in [-0.2, 0) is 0 Å². The lowest BCUT2D eigenvalue weighted by Crippen LogP contribution is -2.08. The Morgan fingerprint density at radius 1 is 1.44 bits per heavy atom. The van der Waals surface area contributed by atoms with Crippen LogP contribution in [0.25, 0.3) is 0 Å². The smallest absolute Gasteiger partial charge is 0.122 e. The summed E-state index contributed by atoms with van der Waals surface area (Å²) in [6.07, 6.45) is 0. The van der Waals surface area contributed by atoms with E-state index in [1.165, 1.54) is 6.07 Å². The third kappa shape index (κ3) is 1.31. The van der Waals surface area contributed by atoms with Crippen LogP contribution in [0.1, 0.15) is 0 Å². The van der Waals surface area contributed by atoms with Crippen molar-refractivity contribution in [2.24, 2.45) is 0 Å². The van der Waals surface area contributed by atoms with Crippen molar-refractivity contribution >= 4 is 27.0 Å². The molecule has 0 saturated heterocycles. The summed E-state index contributed by atoms with van der Waals surface area (Å²) in [4.78, 5) is 0. The summed E-state index contributed by atoms with van der Waals surface area (Å²) >= 11 is 5.61. The first-order chi connectivity index (χ1) is 4.22. The molecule has 0 fully saturated rings. The van der Waals surface area contributed by atoms with E-state index in [1.54, 1.807) is 12.1 Å². The van der Waals surface area contributed by atoms with Gasteiger partial charge in [0.15, 0.2) is 0 Å². The number of hydrogen-bond donors (Lipinski definition) is 0. The Hall–Kier alpha value is -0.343. The highest BCUT2D eigenvalue weighted by molar-refractivity contribution is 6.45. The lowest BCUT2D eigenvalue weighted by molar-refractivity contribution is 0.636. The predicted octanol–water partition coefficient (Wildman–Crippen LogP) is 0.470. The lowest BCUT2D eigenvalue weighted by Gasteiger charge is -1.95. The SMILES string of the molecule is Fc1cccc(Cl)c1[SiH3]. The fourth-order valence-electron chi connectivity index (χ4n) is 0.581. The summed E-state index contributed by atoms with van der Waals surface area (Å²) in [6, 6.07) is 4.74. The van der Waals surface area contributed by atoms with E-state index < -0.39 is 0 Å². The highest BCUT2D eigenvalue weighted by atomic mass is 35.5. The summed E-state index contributed by atoms with van der Waals surface area (Å²) in [5.41, 5.74) is 0. The number of halogens is 2. The highest BCUT2D eigenvalue weighted by Crippen LogP contribution is 2.04. The van der Waals surface area contributed by atoms with Crippen LogP contribution in [0.5, 0.6) is 0 Å². The van der Waals surface area contributed by atoms with E-state index in [4.69, 9.17) is 11.6 Å².